The maximum Gasteiger partial charge on any atom is 0.0887 e. The third-order valence-electron chi connectivity index (χ3n) is 1.73. The fraction of sp³-hybridized carbons (Fsp3) is 0.444. The molecule has 0 fully saturated rings. The van der Waals surface area contributed by atoms with Crippen molar-refractivity contribution in [2.45, 2.75) is 13.8 Å². The zero-order valence-electron chi connectivity index (χ0n) is 7.04. The van der Waals surface area contributed by atoms with Gasteiger partial charge in [-0.25, -0.2) is 0 Å². The SMILES string of the molecule is CCN(CC)c1cc[c]nc1. The summed E-state index contributed by atoms with van der Waals surface area (Å²) in [6.07, 6.45) is 4.60. The molecule has 0 unspecified atom stereocenters. The first kappa shape index (κ1) is 8.05. The van der Waals surface area contributed by atoms with Crippen LogP contribution in [0.15, 0.2) is 18.3 Å². The smallest absolute Gasteiger partial charge is 0.0887 e. The third kappa shape index (κ3) is 1.93. The van der Waals surface area contributed by atoms with Gasteiger partial charge in [-0.2, -0.15) is 0 Å². The Hall–Kier alpha value is -1.05. The third-order valence-corrected chi connectivity index (χ3v) is 1.73. The van der Waals surface area contributed by atoms with Crippen LogP contribution in [0.5, 0.6) is 0 Å². The lowest BCUT2D eigenvalue weighted by Crippen LogP contribution is -2.21. The normalized spacial score (nSPS) is 9.64. The van der Waals surface area contributed by atoms with Gasteiger partial charge in [0, 0.05) is 13.1 Å². The summed E-state index contributed by atoms with van der Waals surface area (Å²) in [4.78, 5) is 6.19. The monoisotopic (exact) mass is 149 g/mol. The van der Waals surface area contributed by atoms with Crippen LogP contribution in [0.3, 0.4) is 0 Å². The molecule has 0 aliphatic rings. The Morgan fingerprint density at radius 1 is 1.45 bits per heavy atom. The Kier molecular flexibility index (Phi) is 2.90. The second kappa shape index (κ2) is 3.96. The molecule has 0 aromatic carbocycles. The predicted octanol–water partition coefficient (Wildman–Crippen LogP) is 1.73. The van der Waals surface area contributed by atoms with E-state index in [0.717, 1.165) is 13.1 Å². The van der Waals surface area contributed by atoms with Gasteiger partial charge in [0.25, 0.3) is 0 Å². The van der Waals surface area contributed by atoms with E-state index in [2.05, 4.69) is 29.9 Å². The van der Waals surface area contributed by atoms with Gasteiger partial charge in [0.1, 0.15) is 0 Å². The van der Waals surface area contributed by atoms with E-state index in [0.29, 0.717) is 0 Å². The summed E-state index contributed by atoms with van der Waals surface area (Å²) in [7, 11) is 0. The van der Waals surface area contributed by atoms with Crippen LogP contribution < -0.4 is 4.90 Å². The van der Waals surface area contributed by atoms with Gasteiger partial charge in [-0.15, -0.1) is 0 Å². The molecular formula is C9H13N2. The van der Waals surface area contributed by atoms with Crippen LogP contribution in [0.25, 0.3) is 0 Å². The van der Waals surface area contributed by atoms with E-state index in [1.54, 1.807) is 0 Å². The Morgan fingerprint density at radius 3 is 2.64 bits per heavy atom. The summed E-state index contributed by atoms with van der Waals surface area (Å²) in [5.41, 5.74) is 1.17. The second-order valence-corrected chi connectivity index (χ2v) is 2.32. The van der Waals surface area contributed by atoms with E-state index >= 15 is 0 Å². The van der Waals surface area contributed by atoms with E-state index < -0.39 is 0 Å². The first-order chi connectivity index (χ1) is 5.38. The molecule has 0 aliphatic heterocycles. The number of pyridine rings is 1. The highest BCUT2D eigenvalue weighted by Crippen LogP contribution is 2.09. The first-order valence-corrected chi connectivity index (χ1v) is 3.95. The lowest BCUT2D eigenvalue weighted by molar-refractivity contribution is 0.862. The predicted molar refractivity (Wildman–Crippen MR) is 46.6 cm³/mol. The van der Waals surface area contributed by atoms with Crippen molar-refractivity contribution in [1.82, 2.24) is 4.98 Å². The molecule has 0 bridgehead atoms. The molecule has 0 N–H and O–H groups in total. The average molecular weight is 149 g/mol. The molecule has 0 spiro atoms. The highest BCUT2D eigenvalue weighted by Gasteiger charge is 1.98. The van der Waals surface area contributed by atoms with Crippen molar-refractivity contribution in [2.75, 3.05) is 18.0 Å². The lowest BCUT2D eigenvalue weighted by Gasteiger charge is -2.19. The lowest BCUT2D eigenvalue weighted by atomic mass is 10.3. The van der Waals surface area contributed by atoms with E-state index in [-0.39, 0.29) is 0 Å². The fourth-order valence-corrected chi connectivity index (χ4v) is 1.09. The second-order valence-electron chi connectivity index (χ2n) is 2.32. The van der Waals surface area contributed by atoms with E-state index in [9.17, 15) is 0 Å². The summed E-state index contributed by atoms with van der Waals surface area (Å²) in [5.74, 6) is 0. The minimum Gasteiger partial charge on any atom is -0.371 e. The molecule has 2 heteroatoms. The Labute approximate surface area is 67.9 Å². The van der Waals surface area contributed by atoms with E-state index in [4.69, 9.17) is 0 Å². The van der Waals surface area contributed by atoms with E-state index in [1.807, 2.05) is 18.3 Å². The Morgan fingerprint density at radius 2 is 2.18 bits per heavy atom. The van der Waals surface area contributed by atoms with Crippen molar-refractivity contribution >= 4 is 5.69 Å². The van der Waals surface area contributed by atoms with Gasteiger partial charge >= 0.3 is 0 Å². The first-order valence-electron chi connectivity index (χ1n) is 3.95. The van der Waals surface area contributed by atoms with Gasteiger partial charge in [0.05, 0.1) is 18.1 Å². The summed E-state index contributed by atoms with van der Waals surface area (Å²) < 4.78 is 0. The zero-order valence-corrected chi connectivity index (χ0v) is 7.04. The van der Waals surface area contributed by atoms with Crippen LogP contribution in [0, 0.1) is 6.20 Å². The molecule has 0 atom stereocenters. The van der Waals surface area contributed by atoms with Crippen molar-refractivity contribution in [2.24, 2.45) is 0 Å². The van der Waals surface area contributed by atoms with Gasteiger partial charge in [-0.3, -0.25) is 4.98 Å². The number of aromatic nitrogens is 1. The highest BCUT2D eigenvalue weighted by molar-refractivity contribution is 5.42. The molecule has 0 amide bonds. The number of nitrogens with zero attached hydrogens (tertiary/aromatic N) is 2. The van der Waals surface area contributed by atoms with Crippen molar-refractivity contribution in [3.05, 3.63) is 24.5 Å². The van der Waals surface area contributed by atoms with Crippen molar-refractivity contribution < 1.29 is 0 Å². The summed E-state index contributed by atoms with van der Waals surface area (Å²) in [5, 5.41) is 0. The maximum absolute atomic E-state index is 3.93. The molecular weight excluding hydrogens is 136 g/mol. The minimum absolute atomic E-state index is 1.03. The maximum atomic E-state index is 3.93. The van der Waals surface area contributed by atoms with Crippen LogP contribution in [-0.2, 0) is 0 Å². The molecule has 1 aromatic heterocycles. The van der Waals surface area contributed by atoms with Crippen LogP contribution in [-0.4, -0.2) is 18.1 Å². The zero-order chi connectivity index (χ0) is 8.10. The Bertz CT molecular complexity index is 192. The molecule has 0 saturated heterocycles. The van der Waals surface area contributed by atoms with Gasteiger partial charge in [-0.1, -0.05) is 0 Å². The molecule has 11 heavy (non-hydrogen) atoms. The van der Waals surface area contributed by atoms with Gasteiger partial charge < -0.3 is 4.90 Å². The molecule has 1 aromatic rings. The van der Waals surface area contributed by atoms with E-state index in [1.165, 1.54) is 5.69 Å². The molecule has 2 nitrogen and oxygen atoms in total. The summed E-state index contributed by atoms with van der Waals surface area (Å²) in [6.45, 7) is 6.34. The number of anilines is 1. The van der Waals surface area contributed by atoms with Crippen LogP contribution >= 0.6 is 0 Å². The van der Waals surface area contributed by atoms with Crippen molar-refractivity contribution in [3.8, 4) is 0 Å². The topological polar surface area (TPSA) is 16.1 Å². The molecule has 1 heterocycles. The van der Waals surface area contributed by atoms with Crippen LogP contribution in [0.2, 0.25) is 0 Å². The van der Waals surface area contributed by atoms with Crippen molar-refractivity contribution in [1.29, 1.82) is 0 Å². The molecule has 0 saturated carbocycles. The quantitative estimate of drug-likeness (QED) is 0.650. The molecule has 1 radical (unpaired) electrons. The number of rotatable bonds is 3. The average Bonchev–Trinajstić information content (AvgIpc) is 2.09. The molecule has 0 aliphatic carbocycles. The van der Waals surface area contributed by atoms with Crippen LogP contribution in [0.4, 0.5) is 5.69 Å². The van der Waals surface area contributed by atoms with Gasteiger partial charge in [0.2, 0.25) is 0 Å². The summed E-state index contributed by atoms with van der Waals surface area (Å²) in [6, 6.07) is 3.87. The van der Waals surface area contributed by atoms with Crippen LogP contribution in [0.1, 0.15) is 13.8 Å². The molecule has 59 valence electrons. The Balaban J connectivity index is 2.74. The summed E-state index contributed by atoms with van der Waals surface area (Å²) >= 11 is 0. The standard InChI is InChI=1S/C9H13N2/c1-3-11(4-2)9-6-5-7-10-8-9/h5-6,8H,3-4H2,1-2H3. The van der Waals surface area contributed by atoms with Gasteiger partial charge in [-0.05, 0) is 26.0 Å². The fourth-order valence-electron chi connectivity index (χ4n) is 1.09. The van der Waals surface area contributed by atoms with Gasteiger partial charge in [0.15, 0.2) is 0 Å². The number of hydrogen-bond donors (Lipinski definition) is 0. The minimum atomic E-state index is 1.03. The largest absolute Gasteiger partial charge is 0.371 e. The number of hydrogen-bond acceptors (Lipinski definition) is 2. The molecule has 1 rings (SSSR count). The highest BCUT2D eigenvalue weighted by atomic mass is 15.1. The van der Waals surface area contributed by atoms with Crippen molar-refractivity contribution in [3.63, 3.8) is 0 Å².